The van der Waals surface area contributed by atoms with E-state index in [2.05, 4.69) is 4.98 Å². The number of nitrogens with zero attached hydrogens (tertiary/aromatic N) is 1. The molecule has 1 aromatic carbocycles. The van der Waals surface area contributed by atoms with Gasteiger partial charge in [-0.25, -0.2) is 4.98 Å². The predicted molar refractivity (Wildman–Crippen MR) is 53.8 cm³/mol. The van der Waals surface area contributed by atoms with Gasteiger partial charge in [-0.2, -0.15) is 0 Å². The standard InChI is InChI=1S/C8H7ClN2S/c1-4-2-5(9)3-6-7(4)11-8(10)12-6/h2-3H,1H3,(H2,10,11). The van der Waals surface area contributed by atoms with Crippen molar-refractivity contribution in [3.63, 3.8) is 0 Å². The minimum atomic E-state index is 0.593. The number of rotatable bonds is 0. The highest BCUT2D eigenvalue weighted by Crippen LogP contribution is 2.29. The molecule has 0 radical (unpaired) electrons. The average Bonchev–Trinajstić information content (AvgIpc) is 2.29. The Balaban J connectivity index is 2.88. The van der Waals surface area contributed by atoms with Crippen molar-refractivity contribution in [1.29, 1.82) is 0 Å². The number of hydrogen-bond donors (Lipinski definition) is 1. The molecule has 0 bridgehead atoms. The molecule has 1 aromatic heterocycles. The number of benzene rings is 1. The molecule has 0 fully saturated rings. The summed E-state index contributed by atoms with van der Waals surface area (Å²) in [5.41, 5.74) is 7.61. The van der Waals surface area contributed by atoms with E-state index in [0.29, 0.717) is 5.13 Å². The van der Waals surface area contributed by atoms with Crippen LogP contribution in [-0.4, -0.2) is 4.98 Å². The molecule has 0 aliphatic rings. The van der Waals surface area contributed by atoms with Gasteiger partial charge >= 0.3 is 0 Å². The molecule has 1 heterocycles. The smallest absolute Gasteiger partial charge is 0.181 e. The first-order valence-electron chi connectivity index (χ1n) is 3.49. The SMILES string of the molecule is Cc1cc(Cl)cc2sc(N)nc12. The number of anilines is 1. The van der Waals surface area contributed by atoms with E-state index in [0.717, 1.165) is 20.8 Å². The molecular formula is C8H7ClN2S. The highest BCUT2D eigenvalue weighted by Gasteiger charge is 2.04. The number of aromatic nitrogens is 1. The zero-order chi connectivity index (χ0) is 8.72. The molecule has 2 N–H and O–H groups in total. The fraction of sp³-hybridized carbons (Fsp3) is 0.125. The van der Waals surface area contributed by atoms with E-state index in [-0.39, 0.29) is 0 Å². The number of fused-ring (bicyclic) bond motifs is 1. The first-order chi connectivity index (χ1) is 5.66. The Morgan fingerprint density at radius 3 is 3.00 bits per heavy atom. The van der Waals surface area contributed by atoms with Crippen LogP contribution in [0.5, 0.6) is 0 Å². The van der Waals surface area contributed by atoms with Gasteiger partial charge in [-0.05, 0) is 24.6 Å². The normalized spacial score (nSPS) is 10.8. The number of hydrogen-bond acceptors (Lipinski definition) is 3. The van der Waals surface area contributed by atoms with Crippen molar-refractivity contribution in [1.82, 2.24) is 4.98 Å². The van der Waals surface area contributed by atoms with Crippen LogP contribution >= 0.6 is 22.9 Å². The van der Waals surface area contributed by atoms with Gasteiger partial charge in [0.05, 0.1) is 10.2 Å². The summed E-state index contributed by atoms with van der Waals surface area (Å²) < 4.78 is 1.05. The predicted octanol–water partition coefficient (Wildman–Crippen LogP) is 2.84. The Morgan fingerprint density at radius 2 is 2.25 bits per heavy atom. The Kier molecular flexibility index (Phi) is 1.70. The Bertz CT molecular complexity index is 436. The van der Waals surface area contributed by atoms with Gasteiger partial charge in [0.15, 0.2) is 5.13 Å². The summed E-state index contributed by atoms with van der Waals surface area (Å²) in [7, 11) is 0. The van der Waals surface area contributed by atoms with Crippen LogP contribution in [0, 0.1) is 6.92 Å². The molecule has 4 heteroatoms. The summed E-state index contributed by atoms with van der Waals surface area (Å²) in [5, 5.41) is 1.33. The van der Waals surface area contributed by atoms with Crippen molar-refractivity contribution >= 4 is 38.3 Å². The third-order valence-corrected chi connectivity index (χ3v) is 2.72. The summed E-state index contributed by atoms with van der Waals surface area (Å²) in [6.07, 6.45) is 0. The molecule has 12 heavy (non-hydrogen) atoms. The monoisotopic (exact) mass is 198 g/mol. The molecule has 0 atom stereocenters. The number of halogens is 1. The molecule has 0 spiro atoms. The molecule has 0 saturated heterocycles. The van der Waals surface area contributed by atoms with Gasteiger partial charge in [-0.3, -0.25) is 0 Å². The molecule has 2 rings (SSSR count). The molecule has 0 aliphatic carbocycles. The van der Waals surface area contributed by atoms with Gasteiger partial charge in [0.2, 0.25) is 0 Å². The first kappa shape index (κ1) is 7.83. The lowest BCUT2D eigenvalue weighted by Crippen LogP contribution is -1.81. The minimum absolute atomic E-state index is 0.593. The van der Waals surface area contributed by atoms with Gasteiger partial charge < -0.3 is 5.73 Å². The maximum atomic E-state index is 5.87. The van der Waals surface area contributed by atoms with E-state index in [1.165, 1.54) is 11.3 Å². The van der Waals surface area contributed by atoms with Gasteiger partial charge in [-0.15, -0.1) is 0 Å². The summed E-state index contributed by atoms with van der Waals surface area (Å²) in [5.74, 6) is 0. The van der Waals surface area contributed by atoms with Gasteiger partial charge in [0.25, 0.3) is 0 Å². The first-order valence-corrected chi connectivity index (χ1v) is 4.68. The number of nitrogens with two attached hydrogens (primary N) is 1. The van der Waals surface area contributed by atoms with E-state index in [1.54, 1.807) is 0 Å². The van der Waals surface area contributed by atoms with Crippen molar-refractivity contribution < 1.29 is 0 Å². The summed E-state index contributed by atoms with van der Waals surface area (Å²) in [6.45, 7) is 1.98. The fourth-order valence-corrected chi connectivity index (χ4v) is 2.36. The van der Waals surface area contributed by atoms with Crippen molar-refractivity contribution in [2.24, 2.45) is 0 Å². The topological polar surface area (TPSA) is 38.9 Å². The zero-order valence-corrected chi connectivity index (χ0v) is 8.04. The number of thiazole rings is 1. The van der Waals surface area contributed by atoms with Gasteiger partial charge in [0.1, 0.15) is 0 Å². The lowest BCUT2D eigenvalue weighted by Gasteiger charge is -1.94. The van der Waals surface area contributed by atoms with E-state index >= 15 is 0 Å². The highest BCUT2D eigenvalue weighted by molar-refractivity contribution is 7.22. The lowest BCUT2D eigenvalue weighted by atomic mass is 10.2. The molecule has 0 unspecified atom stereocenters. The molecule has 0 amide bonds. The van der Waals surface area contributed by atoms with E-state index < -0.39 is 0 Å². The third-order valence-electron chi connectivity index (χ3n) is 1.67. The largest absolute Gasteiger partial charge is 0.375 e. The van der Waals surface area contributed by atoms with Crippen molar-refractivity contribution in [3.05, 3.63) is 22.7 Å². The van der Waals surface area contributed by atoms with Crippen molar-refractivity contribution in [2.45, 2.75) is 6.92 Å². The van der Waals surface area contributed by atoms with Crippen LogP contribution in [-0.2, 0) is 0 Å². The van der Waals surface area contributed by atoms with Crippen LogP contribution in [0.3, 0.4) is 0 Å². The summed E-state index contributed by atoms with van der Waals surface area (Å²) in [4.78, 5) is 4.19. The maximum Gasteiger partial charge on any atom is 0.181 e. The van der Waals surface area contributed by atoms with Crippen LogP contribution in [0.4, 0.5) is 5.13 Å². The van der Waals surface area contributed by atoms with E-state index in [9.17, 15) is 0 Å². The van der Waals surface area contributed by atoms with Crippen LogP contribution in [0.1, 0.15) is 5.56 Å². The number of aryl methyl sites for hydroxylation is 1. The Hall–Kier alpha value is -0.800. The Labute approximate surface area is 79.0 Å². The van der Waals surface area contributed by atoms with Crippen molar-refractivity contribution in [3.8, 4) is 0 Å². The van der Waals surface area contributed by atoms with E-state index in [4.69, 9.17) is 17.3 Å². The molecule has 0 aliphatic heterocycles. The number of nitrogen functional groups attached to an aromatic ring is 1. The third kappa shape index (κ3) is 1.15. The molecule has 0 saturated carbocycles. The second-order valence-corrected chi connectivity index (χ2v) is 4.12. The molecule has 2 nitrogen and oxygen atoms in total. The fourth-order valence-electron chi connectivity index (χ4n) is 1.17. The van der Waals surface area contributed by atoms with Crippen LogP contribution in [0.25, 0.3) is 10.2 Å². The second-order valence-electron chi connectivity index (χ2n) is 2.62. The van der Waals surface area contributed by atoms with Crippen LogP contribution in [0.15, 0.2) is 12.1 Å². The molecular weight excluding hydrogens is 192 g/mol. The summed E-state index contributed by atoms with van der Waals surface area (Å²) >= 11 is 7.33. The molecule has 62 valence electrons. The quantitative estimate of drug-likeness (QED) is 0.707. The maximum absolute atomic E-state index is 5.87. The van der Waals surface area contributed by atoms with Gasteiger partial charge in [0, 0.05) is 5.02 Å². The van der Waals surface area contributed by atoms with E-state index in [1.807, 2.05) is 19.1 Å². The average molecular weight is 199 g/mol. The highest BCUT2D eigenvalue weighted by atomic mass is 35.5. The van der Waals surface area contributed by atoms with Crippen LogP contribution < -0.4 is 5.73 Å². The molecule has 2 aromatic rings. The van der Waals surface area contributed by atoms with Gasteiger partial charge in [-0.1, -0.05) is 22.9 Å². The Morgan fingerprint density at radius 1 is 1.50 bits per heavy atom. The zero-order valence-electron chi connectivity index (χ0n) is 6.47. The van der Waals surface area contributed by atoms with Crippen molar-refractivity contribution in [2.75, 3.05) is 5.73 Å². The minimum Gasteiger partial charge on any atom is -0.375 e. The van der Waals surface area contributed by atoms with Crippen LogP contribution in [0.2, 0.25) is 5.02 Å². The lowest BCUT2D eigenvalue weighted by molar-refractivity contribution is 1.43. The second kappa shape index (κ2) is 2.61. The summed E-state index contributed by atoms with van der Waals surface area (Å²) in [6, 6.07) is 3.78.